The smallest absolute Gasteiger partial charge is 0.262 e. The van der Waals surface area contributed by atoms with Gasteiger partial charge in [-0.1, -0.05) is 0 Å². The molecule has 1 unspecified atom stereocenters. The molecule has 4 fully saturated rings. The number of carbonyl (C=O) groups excluding carboxylic acids is 4. The number of carbonyl (C=O) groups is 4. The summed E-state index contributed by atoms with van der Waals surface area (Å²) in [5.41, 5.74) is 2.22. The number of fused-ring (bicyclic) bond motifs is 2. The number of rotatable bonds is 8. The zero-order valence-corrected chi connectivity index (χ0v) is 29.7. The van der Waals surface area contributed by atoms with E-state index in [1.54, 1.807) is 23.9 Å². The van der Waals surface area contributed by atoms with E-state index >= 15 is 4.39 Å². The number of thioether (sulfide) groups is 1. The summed E-state index contributed by atoms with van der Waals surface area (Å²) in [4.78, 5) is 78.7. The highest BCUT2D eigenvalue weighted by Gasteiger charge is 2.45. The predicted molar refractivity (Wildman–Crippen MR) is 193 cm³/mol. The molecule has 4 amide bonds. The van der Waals surface area contributed by atoms with Crippen molar-refractivity contribution in [2.45, 2.75) is 68.2 Å². The van der Waals surface area contributed by atoms with Crippen LogP contribution in [0.15, 0.2) is 35.1 Å². The molecule has 4 saturated heterocycles. The normalized spacial score (nSPS) is 22.8. The molecular formula is C37H42FN7O6S. The van der Waals surface area contributed by atoms with Crippen molar-refractivity contribution in [1.82, 2.24) is 30.0 Å². The van der Waals surface area contributed by atoms with Crippen molar-refractivity contribution >= 4 is 52.0 Å². The number of aromatic amines is 1. The number of hydrogen-bond donors (Lipinski definition) is 2. The average molecular weight is 732 g/mol. The Labute approximate surface area is 304 Å². The molecule has 0 spiro atoms. The van der Waals surface area contributed by atoms with Crippen molar-refractivity contribution in [1.29, 1.82) is 0 Å². The lowest BCUT2D eigenvalue weighted by Crippen LogP contribution is -2.54. The number of amides is 4. The number of anilines is 1. The van der Waals surface area contributed by atoms with Crippen molar-refractivity contribution in [2.75, 3.05) is 57.4 Å². The lowest BCUT2D eigenvalue weighted by Gasteiger charge is -2.43. The molecule has 1 atom stereocenters. The Morgan fingerprint density at radius 2 is 1.62 bits per heavy atom. The van der Waals surface area contributed by atoms with E-state index < -0.39 is 41.0 Å². The minimum Gasteiger partial charge on any atom is -0.381 e. The van der Waals surface area contributed by atoms with Crippen molar-refractivity contribution in [2.24, 2.45) is 0 Å². The van der Waals surface area contributed by atoms with Crippen LogP contribution >= 0.6 is 11.8 Å². The molecule has 0 aliphatic carbocycles. The summed E-state index contributed by atoms with van der Waals surface area (Å²) in [6.07, 6.45) is 4.08. The van der Waals surface area contributed by atoms with Crippen molar-refractivity contribution in [3.05, 3.63) is 69.0 Å². The van der Waals surface area contributed by atoms with Gasteiger partial charge >= 0.3 is 0 Å². The first-order valence-corrected chi connectivity index (χ1v) is 19.2. The molecule has 8 rings (SSSR count). The fourth-order valence-corrected chi connectivity index (χ4v) is 9.27. The maximum Gasteiger partial charge on any atom is 0.262 e. The van der Waals surface area contributed by atoms with Crippen LogP contribution in [-0.2, 0) is 26.6 Å². The average Bonchev–Trinajstić information content (AvgIpc) is 3.39. The summed E-state index contributed by atoms with van der Waals surface area (Å²) in [7, 11) is 0. The van der Waals surface area contributed by atoms with Gasteiger partial charge in [-0.2, -0.15) is 11.8 Å². The van der Waals surface area contributed by atoms with Gasteiger partial charge in [-0.05, 0) is 68.0 Å². The van der Waals surface area contributed by atoms with E-state index in [0.717, 1.165) is 94.3 Å². The second kappa shape index (κ2) is 14.7. The second-order valence-corrected chi connectivity index (χ2v) is 15.6. The molecule has 52 heavy (non-hydrogen) atoms. The highest BCUT2D eigenvalue weighted by molar-refractivity contribution is 7.99. The van der Waals surface area contributed by atoms with E-state index in [2.05, 4.69) is 30.0 Å². The third-order valence-electron chi connectivity index (χ3n) is 11.1. The fourth-order valence-electron chi connectivity index (χ4n) is 8.22. The molecule has 3 aromatic rings. The second-order valence-electron chi connectivity index (χ2n) is 14.3. The topological polar surface area (TPSA) is 148 Å². The molecule has 0 saturated carbocycles. The van der Waals surface area contributed by atoms with Gasteiger partial charge in [-0.15, -0.1) is 0 Å². The molecule has 6 heterocycles. The van der Waals surface area contributed by atoms with Gasteiger partial charge in [-0.25, -0.2) is 9.37 Å². The van der Waals surface area contributed by atoms with Crippen molar-refractivity contribution < 1.29 is 28.3 Å². The lowest BCUT2D eigenvalue weighted by atomic mass is 10.0. The summed E-state index contributed by atoms with van der Waals surface area (Å²) in [6, 6.07) is 8.06. The Balaban J connectivity index is 0.843. The number of piperidine rings is 2. The highest BCUT2D eigenvalue weighted by atomic mass is 32.2. The summed E-state index contributed by atoms with van der Waals surface area (Å²) in [6.45, 7) is 7.20. The number of piperazine rings is 1. The number of aromatic nitrogens is 2. The quantitative estimate of drug-likeness (QED) is 0.330. The first-order chi connectivity index (χ1) is 25.2. The zero-order valence-electron chi connectivity index (χ0n) is 28.9. The lowest BCUT2D eigenvalue weighted by molar-refractivity contribution is -0.136. The van der Waals surface area contributed by atoms with Gasteiger partial charge in [-0.3, -0.25) is 44.0 Å². The number of hydrogen-bond acceptors (Lipinski definition) is 11. The number of benzene rings is 2. The standard InChI is InChI=1S/C37H42FN7O6S/c38-28-17-22(18-29-33(28)35(48)40-31(39-29)21-52-25-7-15-51-16-8-25)20-42-11-13-44(14-12-42)23-5-9-43(10-6-23)24-1-2-26-27(19-24)37(50)45(36(26)49)30-3-4-32(46)41-34(30)47/h1-2,17-19,23,25,30H,3-16,20-21H2,(H,39,40,48)(H,41,46,47). The van der Waals surface area contributed by atoms with Crippen LogP contribution in [0.1, 0.15) is 70.6 Å². The Hall–Kier alpha value is -4.18. The molecule has 2 aromatic carbocycles. The van der Waals surface area contributed by atoms with Gasteiger partial charge in [0.25, 0.3) is 17.4 Å². The molecule has 0 radical (unpaired) electrons. The van der Waals surface area contributed by atoms with Crippen LogP contribution in [0.25, 0.3) is 10.9 Å². The van der Waals surface area contributed by atoms with Gasteiger partial charge in [0.05, 0.1) is 22.4 Å². The van der Waals surface area contributed by atoms with Crippen LogP contribution in [0.4, 0.5) is 10.1 Å². The Morgan fingerprint density at radius 3 is 2.37 bits per heavy atom. The molecule has 5 aliphatic rings. The van der Waals surface area contributed by atoms with Gasteiger partial charge < -0.3 is 14.6 Å². The summed E-state index contributed by atoms with van der Waals surface area (Å²) in [5, 5.41) is 2.71. The van der Waals surface area contributed by atoms with E-state index in [1.165, 1.54) is 6.07 Å². The van der Waals surface area contributed by atoms with E-state index in [4.69, 9.17) is 4.74 Å². The van der Waals surface area contributed by atoms with Crippen LogP contribution in [0.2, 0.25) is 0 Å². The summed E-state index contributed by atoms with van der Waals surface area (Å²) >= 11 is 1.76. The largest absolute Gasteiger partial charge is 0.381 e. The third kappa shape index (κ3) is 6.98. The molecule has 1 aromatic heterocycles. The number of H-pyrrole nitrogens is 1. The maximum atomic E-state index is 15.2. The van der Waals surface area contributed by atoms with Gasteiger partial charge in [0.15, 0.2) is 0 Å². The third-order valence-corrected chi connectivity index (χ3v) is 12.5. The monoisotopic (exact) mass is 731 g/mol. The summed E-state index contributed by atoms with van der Waals surface area (Å²) < 4.78 is 20.6. The molecule has 2 N–H and O–H groups in total. The van der Waals surface area contributed by atoms with E-state index in [-0.39, 0.29) is 23.8 Å². The summed E-state index contributed by atoms with van der Waals surface area (Å²) in [5.74, 6) is -1.40. The van der Waals surface area contributed by atoms with Crippen LogP contribution in [0.3, 0.4) is 0 Å². The van der Waals surface area contributed by atoms with Crippen molar-refractivity contribution in [3.63, 3.8) is 0 Å². The highest BCUT2D eigenvalue weighted by Crippen LogP contribution is 2.32. The molecular weight excluding hydrogens is 690 g/mol. The Morgan fingerprint density at radius 1 is 0.865 bits per heavy atom. The fraction of sp³-hybridized carbons (Fsp3) is 0.514. The number of ether oxygens (including phenoxy) is 1. The van der Waals surface area contributed by atoms with Gasteiger partial charge in [0.1, 0.15) is 23.1 Å². The molecule has 15 heteroatoms. The molecule has 5 aliphatic heterocycles. The van der Waals surface area contributed by atoms with E-state index in [1.807, 2.05) is 12.1 Å². The first-order valence-electron chi connectivity index (χ1n) is 18.2. The number of imide groups is 2. The molecule has 0 bridgehead atoms. The van der Waals surface area contributed by atoms with Crippen LogP contribution in [-0.4, -0.2) is 118 Å². The van der Waals surface area contributed by atoms with Gasteiger partial charge in [0, 0.05) is 82.4 Å². The van der Waals surface area contributed by atoms with Crippen LogP contribution in [0.5, 0.6) is 0 Å². The minimum absolute atomic E-state index is 0.00824. The maximum absolute atomic E-state index is 15.2. The zero-order chi connectivity index (χ0) is 35.9. The Bertz CT molecular complexity index is 1970. The van der Waals surface area contributed by atoms with E-state index in [0.29, 0.717) is 40.5 Å². The molecule has 13 nitrogen and oxygen atoms in total. The number of nitrogens with zero attached hydrogens (tertiary/aromatic N) is 5. The molecule has 274 valence electrons. The predicted octanol–water partition coefficient (Wildman–Crippen LogP) is 2.66. The minimum atomic E-state index is -0.981. The van der Waals surface area contributed by atoms with Crippen molar-refractivity contribution in [3.8, 4) is 0 Å². The first kappa shape index (κ1) is 34.9. The SMILES string of the molecule is O=C1CCC(N2C(=O)c3ccc(N4CCC(N5CCN(Cc6cc(F)c7c(=O)[nH]c(CSC8CCOCC8)nc7c6)CC5)CC4)cc3C2=O)C(=O)N1. The number of halogens is 1. The van der Waals surface area contributed by atoms with E-state index in [9.17, 15) is 24.0 Å². The van der Waals surface area contributed by atoms with Crippen LogP contribution in [0, 0.1) is 5.82 Å². The number of nitrogens with one attached hydrogen (secondary N) is 2. The Kier molecular flexibility index (Phi) is 9.85. The van der Waals surface area contributed by atoms with Crippen LogP contribution < -0.4 is 15.8 Å². The van der Waals surface area contributed by atoms with Gasteiger partial charge in [0.2, 0.25) is 11.8 Å².